The molecule has 2 aromatic rings. The van der Waals surface area contributed by atoms with Gasteiger partial charge in [0.2, 0.25) is 5.91 Å². The lowest BCUT2D eigenvalue weighted by Gasteiger charge is -2.21. The number of hydrogen-bond acceptors (Lipinski definition) is 5. The summed E-state index contributed by atoms with van der Waals surface area (Å²) in [6, 6.07) is 8.72. The number of carbonyl (C=O) groups is 1. The molecule has 1 saturated carbocycles. The second-order valence-electron chi connectivity index (χ2n) is 6.18. The molecule has 0 unspecified atom stereocenters. The molecule has 6 heteroatoms. The monoisotopic (exact) mass is 330 g/mol. The van der Waals surface area contributed by atoms with E-state index in [0.29, 0.717) is 17.0 Å². The largest absolute Gasteiger partial charge is 0.367 e. The zero-order chi connectivity index (χ0) is 16.4. The first kappa shape index (κ1) is 16.1. The highest BCUT2D eigenvalue weighted by Crippen LogP contribution is 2.29. The van der Waals surface area contributed by atoms with Crippen LogP contribution in [0, 0.1) is 0 Å². The number of thioether (sulfide) groups is 1. The van der Waals surface area contributed by atoms with Gasteiger partial charge in [0.25, 0.3) is 0 Å². The number of anilines is 1. The van der Waals surface area contributed by atoms with Crippen molar-refractivity contribution in [3.8, 4) is 0 Å². The molecule has 122 valence electrons. The maximum Gasteiger partial charge on any atom is 0.233 e. The lowest BCUT2D eigenvalue weighted by Crippen LogP contribution is -2.34. The number of hydrogen-bond donors (Lipinski definition) is 1. The summed E-state index contributed by atoms with van der Waals surface area (Å²) in [4.78, 5) is 23.1. The van der Waals surface area contributed by atoms with Crippen molar-refractivity contribution in [1.29, 1.82) is 0 Å². The highest BCUT2D eigenvalue weighted by atomic mass is 32.2. The van der Waals surface area contributed by atoms with Gasteiger partial charge in [-0.2, -0.15) is 0 Å². The van der Waals surface area contributed by atoms with Crippen molar-refractivity contribution in [3.63, 3.8) is 0 Å². The number of fused-ring (bicyclic) bond motifs is 1. The van der Waals surface area contributed by atoms with Crippen LogP contribution >= 0.6 is 11.8 Å². The fourth-order valence-electron chi connectivity index (χ4n) is 2.17. The molecule has 1 heterocycles. The predicted octanol–water partition coefficient (Wildman–Crippen LogP) is 3.16. The van der Waals surface area contributed by atoms with E-state index < -0.39 is 0 Å². The van der Waals surface area contributed by atoms with E-state index in [1.54, 1.807) is 4.90 Å². The van der Waals surface area contributed by atoms with E-state index in [1.165, 1.54) is 24.6 Å². The SMILES string of the molecule is CC(C)N(C)C(=O)CSc1nc(NC2CC2)c2ccccc2n1. The van der Waals surface area contributed by atoms with Gasteiger partial charge >= 0.3 is 0 Å². The van der Waals surface area contributed by atoms with Gasteiger partial charge in [0.05, 0.1) is 11.3 Å². The molecule has 1 aromatic heterocycles. The molecule has 0 spiro atoms. The maximum atomic E-state index is 12.1. The van der Waals surface area contributed by atoms with Crippen LogP contribution in [0.25, 0.3) is 10.9 Å². The molecule has 0 atom stereocenters. The Balaban J connectivity index is 1.79. The number of nitrogens with zero attached hydrogens (tertiary/aromatic N) is 3. The lowest BCUT2D eigenvalue weighted by atomic mass is 10.2. The average molecular weight is 330 g/mol. The number of benzene rings is 1. The Morgan fingerprint density at radius 3 is 2.78 bits per heavy atom. The third-order valence-electron chi connectivity index (χ3n) is 3.99. The van der Waals surface area contributed by atoms with Crippen LogP contribution < -0.4 is 5.32 Å². The zero-order valence-electron chi connectivity index (χ0n) is 13.7. The fourth-order valence-corrected chi connectivity index (χ4v) is 2.94. The van der Waals surface area contributed by atoms with Gasteiger partial charge in [-0.1, -0.05) is 23.9 Å². The van der Waals surface area contributed by atoms with Crippen LogP contribution in [0.5, 0.6) is 0 Å². The maximum absolute atomic E-state index is 12.1. The first-order valence-electron chi connectivity index (χ1n) is 7.96. The summed E-state index contributed by atoms with van der Waals surface area (Å²) in [5.41, 5.74) is 0.915. The zero-order valence-corrected chi connectivity index (χ0v) is 14.6. The number of carbonyl (C=O) groups excluding carboxylic acids is 1. The molecule has 0 saturated heterocycles. The van der Waals surface area contributed by atoms with Gasteiger partial charge in [-0.05, 0) is 38.8 Å². The molecule has 5 nitrogen and oxygen atoms in total. The molecule has 23 heavy (non-hydrogen) atoms. The average Bonchev–Trinajstić information content (AvgIpc) is 3.35. The standard InChI is InChI=1S/C17H22N4OS/c1-11(2)21(3)15(22)10-23-17-19-14-7-5-4-6-13(14)16(20-17)18-12-8-9-12/h4-7,11-12H,8-10H2,1-3H3,(H,18,19,20). The highest BCUT2D eigenvalue weighted by Gasteiger charge is 2.23. The van der Waals surface area contributed by atoms with Gasteiger partial charge in [0.1, 0.15) is 5.82 Å². The van der Waals surface area contributed by atoms with E-state index in [9.17, 15) is 4.79 Å². The third-order valence-corrected chi connectivity index (χ3v) is 4.83. The number of amides is 1. The van der Waals surface area contributed by atoms with E-state index in [2.05, 4.69) is 15.3 Å². The Hall–Kier alpha value is -1.82. The molecule has 3 rings (SSSR count). The van der Waals surface area contributed by atoms with E-state index in [-0.39, 0.29) is 11.9 Å². The summed E-state index contributed by atoms with van der Waals surface area (Å²) in [5, 5.41) is 5.15. The molecule has 0 aliphatic heterocycles. The van der Waals surface area contributed by atoms with Crippen LogP contribution in [0.1, 0.15) is 26.7 Å². The first-order chi connectivity index (χ1) is 11.0. The molecule has 1 aromatic carbocycles. The van der Waals surface area contributed by atoms with Crippen molar-refractivity contribution in [3.05, 3.63) is 24.3 Å². The quantitative estimate of drug-likeness (QED) is 0.651. The minimum absolute atomic E-state index is 0.0958. The Kier molecular flexibility index (Phi) is 4.71. The molecular weight excluding hydrogens is 308 g/mol. The number of rotatable bonds is 6. The molecule has 1 N–H and O–H groups in total. The summed E-state index contributed by atoms with van der Waals surface area (Å²) in [5.74, 6) is 1.33. The molecule has 0 bridgehead atoms. The predicted molar refractivity (Wildman–Crippen MR) is 94.8 cm³/mol. The normalized spacial score (nSPS) is 14.3. The first-order valence-corrected chi connectivity index (χ1v) is 8.95. The molecule has 1 amide bonds. The Bertz CT molecular complexity index is 715. The van der Waals surface area contributed by atoms with E-state index in [0.717, 1.165) is 16.7 Å². The second kappa shape index (κ2) is 6.74. The Morgan fingerprint density at radius 2 is 2.09 bits per heavy atom. The van der Waals surface area contributed by atoms with E-state index in [4.69, 9.17) is 0 Å². The minimum Gasteiger partial charge on any atom is -0.367 e. The van der Waals surface area contributed by atoms with Crippen molar-refractivity contribution in [2.45, 2.75) is 43.9 Å². The van der Waals surface area contributed by atoms with Gasteiger partial charge in [-0.3, -0.25) is 4.79 Å². The topological polar surface area (TPSA) is 58.1 Å². The lowest BCUT2D eigenvalue weighted by molar-refractivity contribution is -0.128. The van der Waals surface area contributed by atoms with Gasteiger partial charge in [0, 0.05) is 24.5 Å². The second-order valence-corrected chi connectivity index (χ2v) is 7.12. The van der Waals surface area contributed by atoms with Crippen LogP contribution in [0.3, 0.4) is 0 Å². The van der Waals surface area contributed by atoms with Crippen molar-refractivity contribution >= 4 is 34.4 Å². The number of nitrogens with one attached hydrogen (secondary N) is 1. The summed E-state index contributed by atoms with van der Waals surface area (Å²) < 4.78 is 0. The summed E-state index contributed by atoms with van der Waals surface area (Å²) >= 11 is 1.40. The number of aromatic nitrogens is 2. The van der Waals surface area contributed by atoms with Crippen LogP contribution in [0.2, 0.25) is 0 Å². The van der Waals surface area contributed by atoms with Crippen molar-refractivity contribution in [1.82, 2.24) is 14.9 Å². The van der Waals surface area contributed by atoms with Crippen LogP contribution in [-0.4, -0.2) is 45.7 Å². The van der Waals surface area contributed by atoms with Gasteiger partial charge < -0.3 is 10.2 Å². The third kappa shape index (κ3) is 3.93. The summed E-state index contributed by atoms with van der Waals surface area (Å²) in [7, 11) is 1.83. The molecule has 1 fully saturated rings. The Labute approximate surface area is 140 Å². The van der Waals surface area contributed by atoms with Crippen molar-refractivity contribution < 1.29 is 4.79 Å². The molecule has 1 aliphatic rings. The van der Waals surface area contributed by atoms with E-state index in [1.807, 2.05) is 45.2 Å². The van der Waals surface area contributed by atoms with Crippen molar-refractivity contribution in [2.24, 2.45) is 0 Å². The van der Waals surface area contributed by atoms with E-state index >= 15 is 0 Å². The number of para-hydroxylation sites is 1. The molecular formula is C17H22N4OS. The Morgan fingerprint density at radius 1 is 1.35 bits per heavy atom. The van der Waals surface area contributed by atoms with Crippen LogP contribution in [-0.2, 0) is 4.79 Å². The van der Waals surface area contributed by atoms with Gasteiger partial charge in [0.15, 0.2) is 5.16 Å². The van der Waals surface area contributed by atoms with Gasteiger partial charge in [-0.15, -0.1) is 0 Å². The summed E-state index contributed by atoms with van der Waals surface area (Å²) in [6.45, 7) is 4.01. The fraction of sp³-hybridized carbons (Fsp3) is 0.471. The molecule has 0 radical (unpaired) electrons. The van der Waals surface area contributed by atoms with Crippen LogP contribution in [0.15, 0.2) is 29.4 Å². The van der Waals surface area contributed by atoms with Crippen molar-refractivity contribution in [2.75, 3.05) is 18.1 Å². The highest BCUT2D eigenvalue weighted by molar-refractivity contribution is 7.99. The minimum atomic E-state index is 0.0958. The smallest absolute Gasteiger partial charge is 0.233 e. The molecule has 1 aliphatic carbocycles. The summed E-state index contributed by atoms with van der Waals surface area (Å²) in [6.07, 6.45) is 2.39. The van der Waals surface area contributed by atoms with Gasteiger partial charge in [-0.25, -0.2) is 9.97 Å². The van der Waals surface area contributed by atoms with Crippen LogP contribution in [0.4, 0.5) is 5.82 Å².